The number of nitrogen functional groups attached to an aromatic ring is 1. The first-order valence-electron chi connectivity index (χ1n) is 7.40. The van der Waals surface area contributed by atoms with Gasteiger partial charge in [0.25, 0.3) is 7.52 Å². The van der Waals surface area contributed by atoms with Gasteiger partial charge in [0, 0.05) is 13.1 Å². The van der Waals surface area contributed by atoms with Crippen LogP contribution in [0, 0.1) is 0 Å². The Morgan fingerprint density at radius 2 is 2.29 bits per heavy atom. The highest BCUT2D eigenvalue weighted by atomic mass is 31.2. The third kappa shape index (κ3) is 4.75. The number of aromatic nitrogens is 4. The molecule has 11 heteroatoms. The fourth-order valence-corrected chi connectivity index (χ4v) is 2.92. The van der Waals surface area contributed by atoms with Gasteiger partial charge in [0.05, 0.1) is 19.5 Å². The van der Waals surface area contributed by atoms with Crippen molar-refractivity contribution >= 4 is 30.4 Å². The van der Waals surface area contributed by atoms with Crippen LogP contribution in [0.2, 0.25) is 0 Å². The van der Waals surface area contributed by atoms with Crippen LogP contribution in [0.1, 0.15) is 6.92 Å². The highest BCUT2D eigenvalue weighted by molar-refractivity contribution is 7.56. The molecule has 0 radical (unpaired) electrons. The molecule has 0 bridgehead atoms. The minimum atomic E-state index is -3.19. The van der Waals surface area contributed by atoms with Gasteiger partial charge in [-0.15, -0.1) is 6.58 Å². The number of hydrogen-bond acceptors (Lipinski definition) is 8. The van der Waals surface area contributed by atoms with Crippen LogP contribution in [0.3, 0.4) is 0 Å². The van der Waals surface area contributed by atoms with Crippen molar-refractivity contribution in [1.29, 1.82) is 0 Å². The molecule has 10 nitrogen and oxygen atoms in total. The number of anilines is 2. The Morgan fingerprint density at radius 3 is 3.00 bits per heavy atom. The molecule has 0 aliphatic heterocycles. The Bertz CT molecular complexity index is 748. The quantitative estimate of drug-likeness (QED) is 0.325. The third-order valence-electron chi connectivity index (χ3n) is 2.99. The minimum absolute atomic E-state index is 0.138. The van der Waals surface area contributed by atoms with Crippen LogP contribution < -0.4 is 16.6 Å². The van der Waals surface area contributed by atoms with Crippen LogP contribution in [0.5, 0.6) is 0 Å². The van der Waals surface area contributed by atoms with E-state index in [9.17, 15) is 4.57 Å². The maximum Gasteiger partial charge on any atom is 0.292 e. The Balaban J connectivity index is 2.04. The van der Waals surface area contributed by atoms with Gasteiger partial charge in [-0.1, -0.05) is 6.08 Å². The first-order chi connectivity index (χ1) is 11.5. The molecule has 0 spiro atoms. The molecule has 2 heterocycles. The molecule has 0 aromatic carbocycles. The molecular formula is C13H22N7O3P. The summed E-state index contributed by atoms with van der Waals surface area (Å²) in [6.45, 7) is 6.90. The SMILES string of the molecule is C=CCNc1nc(N)nc2c1ncn2CCOCP(N)(=O)OCC. The maximum absolute atomic E-state index is 11.7. The number of imidazole rings is 1. The number of nitrogens with two attached hydrogens (primary N) is 2. The fraction of sp³-hybridized carbons (Fsp3) is 0.462. The number of nitrogens with zero attached hydrogens (tertiary/aromatic N) is 4. The summed E-state index contributed by atoms with van der Waals surface area (Å²) in [5.74, 6) is 0.680. The van der Waals surface area contributed by atoms with Crippen LogP contribution in [0.15, 0.2) is 19.0 Å². The lowest BCUT2D eigenvalue weighted by Gasteiger charge is -2.12. The van der Waals surface area contributed by atoms with E-state index >= 15 is 0 Å². The zero-order valence-electron chi connectivity index (χ0n) is 13.5. The van der Waals surface area contributed by atoms with Crippen molar-refractivity contribution in [2.24, 2.45) is 5.50 Å². The van der Waals surface area contributed by atoms with Crippen molar-refractivity contribution in [3.8, 4) is 0 Å². The minimum Gasteiger partial charge on any atom is -0.368 e. The molecule has 0 aliphatic carbocycles. The smallest absolute Gasteiger partial charge is 0.292 e. The molecule has 24 heavy (non-hydrogen) atoms. The Labute approximate surface area is 139 Å². The van der Waals surface area contributed by atoms with E-state index in [2.05, 4.69) is 26.8 Å². The lowest BCUT2D eigenvalue weighted by molar-refractivity contribution is 0.154. The van der Waals surface area contributed by atoms with Crippen LogP contribution in [-0.4, -0.2) is 45.6 Å². The molecule has 1 atom stereocenters. The largest absolute Gasteiger partial charge is 0.368 e. The zero-order chi connectivity index (χ0) is 17.6. The van der Waals surface area contributed by atoms with Gasteiger partial charge in [-0.3, -0.25) is 10.1 Å². The molecule has 2 aromatic rings. The molecule has 5 N–H and O–H groups in total. The molecule has 0 saturated heterocycles. The van der Waals surface area contributed by atoms with Crippen molar-refractivity contribution in [1.82, 2.24) is 19.5 Å². The predicted octanol–water partition coefficient (Wildman–Crippen LogP) is 1.17. The van der Waals surface area contributed by atoms with Gasteiger partial charge in [-0.05, 0) is 6.92 Å². The van der Waals surface area contributed by atoms with Crippen LogP contribution >= 0.6 is 7.52 Å². The van der Waals surface area contributed by atoms with Crippen LogP contribution in [-0.2, 0) is 20.4 Å². The van der Waals surface area contributed by atoms with Crippen molar-refractivity contribution in [3.05, 3.63) is 19.0 Å². The van der Waals surface area contributed by atoms with Gasteiger partial charge in [0.2, 0.25) is 5.95 Å². The topological polar surface area (TPSA) is 143 Å². The zero-order valence-corrected chi connectivity index (χ0v) is 14.4. The second-order valence-electron chi connectivity index (χ2n) is 4.89. The number of fused-ring (bicyclic) bond motifs is 1. The van der Waals surface area contributed by atoms with Gasteiger partial charge in [0.15, 0.2) is 17.0 Å². The number of hydrogen-bond donors (Lipinski definition) is 3. The van der Waals surface area contributed by atoms with Crippen LogP contribution in [0.25, 0.3) is 11.2 Å². The van der Waals surface area contributed by atoms with Gasteiger partial charge in [-0.25, -0.2) is 4.98 Å². The van der Waals surface area contributed by atoms with E-state index in [1.165, 1.54) is 0 Å². The average Bonchev–Trinajstić information content (AvgIpc) is 2.92. The molecule has 0 aliphatic rings. The normalized spacial score (nSPS) is 13.8. The lowest BCUT2D eigenvalue weighted by atomic mass is 10.4. The van der Waals surface area contributed by atoms with Crippen molar-refractivity contribution in [3.63, 3.8) is 0 Å². The molecular weight excluding hydrogens is 333 g/mol. The summed E-state index contributed by atoms with van der Waals surface area (Å²) in [7, 11) is -3.19. The molecule has 0 fully saturated rings. The van der Waals surface area contributed by atoms with E-state index < -0.39 is 7.52 Å². The van der Waals surface area contributed by atoms with E-state index in [-0.39, 0.29) is 25.5 Å². The van der Waals surface area contributed by atoms with E-state index in [0.29, 0.717) is 30.1 Å². The Hall–Kier alpha value is -2.00. The number of ether oxygens (including phenoxy) is 1. The molecule has 0 amide bonds. The van der Waals surface area contributed by atoms with Gasteiger partial charge < -0.3 is 24.9 Å². The summed E-state index contributed by atoms with van der Waals surface area (Å²) in [6.07, 6.45) is 3.18. The maximum atomic E-state index is 11.7. The summed E-state index contributed by atoms with van der Waals surface area (Å²) < 4.78 is 23.8. The highest BCUT2D eigenvalue weighted by Gasteiger charge is 2.16. The summed E-state index contributed by atoms with van der Waals surface area (Å²) in [4.78, 5) is 12.6. The molecule has 132 valence electrons. The summed E-state index contributed by atoms with van der Waals surface area (Å²) in [5, 5.41) is 3.07. The Morgan fingerprint density at radius 1 is 1.50 bits per heavy atom. The second-order valence-corrected chi connectivity index (χ2v) is 6.86. The Kier molecular flexibility index (Phi) is 6.27. The van der Waals surface area contributed by atoms with Gasteiger partial charge >= 0.3 is 0 Å². The van der Waals surface area contributed by atoms with Crippen molar-refractivity contribution in [2.75, 3.05) is 37.2 Å². The predicted molar refractivity (Wildman–Crippen MR) is 92.7 cm³/mol. The average molecular weight is 355 g/mol. The molecule has 2 aromatic heterocycles. The molecule has 2 rings (SSSR count). The summed E-state index contributed by atoms with van der Waals surface area (Å²) in [6, 6.07) is 0. The highest BCUT2D eigenvalue weighted by Crippen LogP contribution is 2.36. The summed E-state index contributed by atoms with van der Waals surface area (Å²) >= 11 is 0. The standard InChI is InChI=1S/C13H22N7O3P/c1-3-5-16-11-10-12(19-13(14)18-11)20(8-17-10)6-7-22-9-24(15,21)23-4-2/h3,8H,1,4-7,9H2,2H3,(H2,15,21)(H3,14,16,18,19). The van der Waals surface area contributed by atoms with Crippen molar-refractivity contribution < 1.29 is 13.8 Å². The molecule has 0 saturated carbocycles. The number of rotatable bonds is 10. The fourth-order valence-electron chi connectivity index (χ4n) is 2.03. The first-order valence-corrected chi connectivity index (χ1v) is 9.27. The number of nitrogens with one attached hydrogen (secondary N) is 1. The first kappa shape index (κ1) is 18.3. The second kappa shape index (κ2) is 8.20. The van der Waals surface area contributed by atoms with E-state index in [4.69, 9.17) is 20.5 Å². The van der Waals surface area contributed by atoms with E-state index in [1.54, 1.807) is 23.9 Å². The lowest BCUT2D eigenvalue weighted by Crippen LogP contribution is -2.11. The molecule has 1 unspecified atom stereocenters. The monoisotopic (exact) mass is 355 g/mol. The van der Waals surface area contributed by atoms with E-state index in [0.717, 1.165) is 0 Å². The van der Waals surface area contributed by atoms with E-state index in [1.807, 2.05) is 0 Å². The van der Waals surface area contributed by atoms with Gasteiger partial charge in [-0.2, -0.15) is 9.97 Å². The van der Waals surface area contributed by atoms with Crippen molar-refractivity contribution in [2.45, 2.75) is 13.5 Å². The van der Waals surface area contributed by atoms with Gasteiger partial charge in [0.1, 0.15) is 6.35 Å². The summed E-state index contributed by atoms with van der Waals surface area (Å²) in [5.41, 5.74) is 12.4. The third-order valence-corrected chi connectivity index (χ3v) is 4.23. The van der Waals surface area contributed by atoms with Crippen LogP contribution in [0.4, 0.5) is 11.8 Å².